The van der Waals surface area contributed by atoms with Crippen LogP contribution in [0.5, 0.6) is 0 Å². The first-order chi connectivity index (χ1) is 6.09. The minimum absolute atomic E-state index is 0.0115. The van der Waals surface area contributed by atoms with E-state index in [1.54, 1.807) is 0 Å². The van der Waals surface area contributed by atoms with E-state index < -0.39 is 17.9 Å². The maximum Gasteiger partial charge on any atom is 0.246 e. The van der Waals surface area contributed by atoms with Gasteiger partial charge in [-0.3, -0.25) is 24.5 Å². The Morgan fingerprint density at radius 1 is 1.69 bits per heavy atom. The molecule has 0 aliphatic carbocycles. The normalized spacial score (nSPS) is 21.7. The van der Waals surface area contributed by atoms with Crippen LogP contribution in [0.25, 0.3) is 0 Å². The van der Waals surface area contributed by atoms with Gasteiger partial charge in [0, 0.05) is 0 Å². The van der Waals surface area contributed by atoms with Gasteiger partial charge in [0.25, 0.3) is 0 Å². The molecule has 1 unspecified atom stereocenters. The number of carbonyl (C=O) groups excluding carboxylic acids is 3. The third-order valence-corrected chi connectivity index (χ3v) is 1.41. The highest BCUT2D eigenvalue weighted by Crippen LogP contribution is 2.00. The fraction of sp³-hybridized carbons (Fsp3) is 0.500. The third kappa shape index (κ3) is 2.80. The quantitative estimate of drug-likeness (QED) is 0.330. The lowest BCUT2D eigenvalue weighted by molar-refractivity contribution is -0.131. The second kappa shape index (κ2) is 3.97. The summed E-state index contributed by atoms with van der Waals surface area (Å²) in [5.41, 5.74) is 7.03. The van der Waals surface area contributed by atoms with Crippen molar-refractivity contribution in [1.82, 2.24) is 10.8 Å². The van der Waals surface area contributed by atoms with Crippen LogP contribution in [0.3, 0.4) is 0 Å². The van der Waals surface area contributed by atoms with Crippen molar-refractivity contribution >= 4 is 17.7 Å². The van der Waals surface area contributed by atoms with E-state index in [1.807, 2.05) is 0 Å². The molecule has 1 aliphatic rings. The lowest BCUT2D eigenvalue weighted by Gasteiger charge is -2.06. The standard InChI is InChI=1S/C6H9N3O4/c7-4(10)2-13-9-3-1-5(11)8-6(3)12/h3,9H,1-2H2,(H2,7,10)(H,8,11,12). The van der Waals surface area contributed by atoms with E-state index in [-0.39, 0.29) is 18.9 Å². The summed E-state index contributed by atoms with van der Waals surface area (Å²) in [5.74, 6) is -1.49. The molecule has 0 saturated carbocycles. The van der Waals surface area contributed by atoms with Gasteiger partial charge in [-0.15, -0.1) is 0 Å². The number of primary amides is 1. The molecule has 4 N–H and O–H groups in total. The van der Waals surface area contributed by atoms with Gasteiger partial charge >= 0.3 is 0 Å². The fourth-order valence-electron chi connectivity index (χ4n) is 0.862. The summed E-state index contributed by atoms with van der Waals surface area (Å²) in [5, 5.41) is 2.07. The Balaban J connectivity index is 2.26. The van der Waals surface area contributed by atoms with Gasteiger partial charge in [0.15, 0.2) is 0 Å². The Kier molecular flexibility index (Phi) is 2.93. The SMILES string of the molecule is NC(=O)CONC1CC(=O)NC1=O. The summed E-state index contributed by atoms with van der Waals surface area (Å²) < 4.78 is 0. The maximum atomic E-state index is 10.9. The van der Waals surface area contributed by atoms with Crippen molar-refractivity contribution in [2.24, 2.45) is 5.73 Å². The summed E-state index contributed by atoms with van der Waals surface area (Å²) >= 11 is 0. The van der Waals surface area contributed by atoms with Crippen LogP contribution in [0, 0.1) is 0 Å². The van der Waals surface area contributed by atoms with Crippen molar-refractivity contribution in [2.45, 2.75) is 12.5 Å². The Labute approximate surface area is 73.5 Å². The third-order valence-electron chi connectivity index (χ3n) is 1.41. The Bertz CT molecular complexity index is 252. The molecule has 1 saturated heterocycles. The molecule has 7 heteroatoms. The minimum Gasteiger partial charge on any atom is -0.368 e. The number of imide groups is 1. The predicted octanol–water partition coefficient (Wildman–Crippen LogP) is -2.59. The smallest absolute Gasteiger partial charge is 0.246 e. The van der Waals surface area contributed by atoms with Gasteiger partial charge in [-0.25, -0.2) is 0 Å². The van der Waals surface area contributed by atoms with Crippen molar-refractivity contribution in [1.29, 1.82) is 0 Å². The molecule has 7 nitrogen and oxygen atoms in total. The van der Waals surface area contributed by atoms with Gasteiger partial charge in [-0.2, -0.15) is 5.48 Å². The molecule has 0 spiro atoms. The number of nitrogens with two attached hydrogens (primary N) is 1. The van der Waals surface area contributed by atoms with E-state index in [0.29, 0.717) is 0 Å². The van der Waals surface area contributed by atoms with Crippen LogP contribution in [0.15, 0.2) is 0 Å². The molecule has 0 radical (unpaired) electrons. The topological polar surface area (TPSA) is 111 Å². The molecular formula is C6H9N3O4. The summed E-state index contributed by atoms with van der Waals surface area (Å²) in [4.78, 5) is 36.3. The van der Waals surface area contributed by atoms with Crippen molar-refractivity contribution in [3.8, 4) is 0 Å². The van der Waals surface area contributed by atoms with Gasteiger partial charge in [-0.1, -0.05) is 0 Å². The molecule has 13 heavy (non-hydrogen) atoms. The van der Waals surface area contributed by atoms with Crippen LogP contribution in [0.4, 0.5) is 0 Å². The van der Waals surface area contributed by atoms with Crippen molar-refractivity contribution in [2.75, 3.05) is 6.61 Å². The fourth-order valence-corrected chi connectivity index (χ4v) is 0.862. The van der Waals surface area contributed by atoms with E-state index in [4.69, 9.17) is 5.73 Å². The van der Waals surface area contributed by atoms with E-state index in [1.165, 1.54) is 0 Å². The van der Waals surface area contributed by atoms with Gasteiger partial charge < -0.3 is 5.73 Å². The number of hydrogen-bond acceptors (Lipinski definition) is 5. The number of rotatable bonds is 4. The van der Waals surface area contributed by atoms with E-state index in [2.05, 4.69) is 15.6 Å². The highest BCUT2D eigenvalue weighted by atomic mass is 16.6. The van der Waals surface area contributed by atoms with E-state index >= 15 is 0 Å². The summed E-state index contributed by atoms with van der Waals surface area (Å²) in [6, 6.07) is -0.730. The molecule has 1 rings (SSSR count). The average Bonchev–Trinajstić information content (AvgIpc) is 2.29. The van der Waals surface area contributed by atoms with Crippen molar-refractivity contribution in [3.63, 3.8) is 0 Å². The molecule has 72 valence electrons. The zero-order valence-corrected chi connectivity index (χ0v) is 6.70. The highest BCUT2D eigenvalue weighted by Gasteiger charge is 2.30. The summed E-state index contributed by atoms with van der Waals surface area (Å²) in [6.45, 7) is -0.335. The largest absolute Gasteiger partial charge is 0.368 e. The maximum absolute atomic E-state index is 10.9. The van der Waals surface area contributed by atoms with Gasteiger partial charge in [0.1, 0.15) is 12.6 Å². The zero-order chi connectivity index (χ0) is 9.84. The van der Waals surface area contributed by atoms with Crippen LogP contribution in [0.1, 0.15) is 6.42 Å². The van der Waals surface area contributed by atoms with Gasteiger partial charge in [-0.05, 0) is 0 Å². The molecule has 0 aromatic heterocycles. The Morgan fingerprint density at radius 3 is 2.85 bits per heavy atom. The van der Waals surface area contributed by atoms with Crippen LogP contribution in [-0.4, -0.2) is 30.4 Å². The number of hydroxylamine groups is 1. The summed E-state index contributed by atoms with van der Waals surface area (Å²) in [6.07, 6.45) is 0.0115. The number of hydrogen-bond donors (Lipinski definition) is 3. The Hall–Kier alpha value is -1.47. The van der Waals surface area contributed by atoms with Crippen LogP contribution in [-0.2, 0) is 19.2 Å². The van der Waals surface area contributed by atoms with Gasteiger partial charge in [0.2, 0.25) is 17.7 Å². The first-order valence-corrected chi connectivity index (χ1v) is 3.59. The average molecular weight is 187 g/mol. The molecule has 1 aliphatic heterocycles. The molecule has 1 atom stereocenters. The first-order valence-electron chi connectivity index (χ1n) is 3.59. The first kappa shape index (κ1) is 9.62. The summed E-state index contributed by atoms with van der Waals surface area (Å²) in [7, 11) is 0. The molecule has 1 fully saturated rings. The molecule has 0 bridgehead atoms. The number of carbonyl (C=O) groups is 3. The monoisotopic (exact) mass is 187 g/mol. The lowest BCUT2D eigenvalue weighted by atomic mass is 10.3. The molecular weight excluding hydrogens is 178 g/mol. The van der Waals surface area contributed by atoms with Crippen LogP contribution >= 0.6 is 0 Å². The van der Waals surface area contributed by atoms with E-state index in [9.17, 15) is 14.4 Å². The zero-order valence-electron chi connectivity index (χ0n) is 6.70. The molecule has 1 heterocycles. The second-order valence-corrected chi connectivity index (χ2v) is 2.54. The van der Waals surface area contributed by atoms with Crippen molar-refractivity contribution in [3.05, 3.63) is 0 Å². The van der Waals surface area contributed by atoms with Crippen LogP contribution in [0.2, 0.25) is 0 Å². The lowest BCUT2D eigenvalue weighted by Crippen LogP contribution is -2.38. The van der Waals surface area contributed by atoms with Crippen LogP contribution < -0.4 is 16.5 Å². The predicted molar refractivity (Wildman–Crippen MR) is 39.8 cm³/mol. The Morgan fingerprint density at radius 2 is 2.38 bits per heavy atom. The molecule has 0 aromatic rings. The van der Waals surface area contributed by atoms with E-state index in [0.717, 1.165) is 0 Å². The molecule has 0 aromatic carbocycles. The number of amides is 3. The van der Waals surface area contributed by atoms with Crippen molar-refractivity contribution < 1.29 is 19.2 Å². The minimum atomic E-state index is -0.730. The molecule has 3 amide bonds. The second-order valence-electron chi connectivity index (χ2n) is 2.54. The van der Waals surface area contributed by atoms with Gasteiger partial charge in [0.05, 0.1) is 6.42 Å². The highest BCUT2D eigenvalue weighted by molar-refractivity contribution is 6.05. The number of nitrogens with one attached hydrogen (secondary N) is 2.